The molecule has 0 atom stereocenters. The summed E-state index contributed by atoms with van der Waals surface area (Å²) in [6.07, 6.45) is 1.77. The molecule has 0 aliphatic heterocycles. The van der Waals surface area contributed by atoms with Crippen LogP contribution in [-0.4, -0.2) is 14.5 Å². The lowest BCUT2D eigenvalue weighted by atomic mass is 10.1. The topological polar surface area (TPSA) is 30.7 Å². The van der Waals surface area contributed by atoms with E-state index in [1.165, 1.54) is 11.1 Å². The lowest BCUT2D eigenvalue weighted by Crippen LogP contribution is -2.02. The molecule has 118 valence electrons. The predicted octanol–water partition coefficient (Wildman–Crippen LogP) is 5.11. The van der Waals surface area contributed by atoms with Crippen molar-refractivity contribution in [3.8, 4) is 11.4 Å². The lowest BCUT2D eigenvalue weighted by molar-refractivity contribution is 0.833. The maximum atomic E-state index is 5.92. The summed E-state index contributed by atoms with van der Waals surface area (Å²) >= 11 is 5.92. The number of halogens is 1. The van der Waals surface area contributed by atoms with Gasteiger partial charge in [-0.1, -0.05) is 53.6 Å². The fourth-order valence-electron chi connectivity index (χ4n) is 2.84. The van der Waals surface area contributed by atoms with Crippen LogP contribution in [-0.2, 0) is 6.54 Å². The highest BCUT2D eigenvalue weighted by Crippen LogP contribution is 2.26. The van der Waals surface area contributed by atoms with Gasteiger partial charge in [0.05, 0.1) is 11.0 Å². The number of para-hydroxylation sites is 2. The van der Waals surface area contributed by atoms with E-state index in [9.17, 15) is 0 Å². The number of fused-ring (bicyclic) bond motifs is 1. The number of pyridine rings is 1. The van der Waals surface area contributed by atoms with Gasteiger partial charge in [0.25, 0.3) is 0 Å². The molecule has 2 aromatic carbocycles. The third-order valence-corrected chi connectivity index (χ3v) is 4.33. The molecule has 4 aromatic rings. The Labute approximate surface area is 145 Å². The van der Waals surface area contributed by atoms with Gasteiger partial charge in [-0.25, -0.2) is 9.97 Å². The fourth-order valence-corrected chi connectivity index (χ4v) is 2.95. The molecule has 0 saturated heterocycles. The summed E-state index contributed by atoms with van der Waals surface area (Å²) in [5.74, 6) is 0.904. The molecule has 2 heterocycles. The molecule has 4 rings (SSSR count). The zero-order valence-corrected chi connectivity index (χ0v) is 14.0. The van der Waals surface area contributed by atoms with Crippen LogP contribution in [0.1, 0.15) is 11.1 Å². The number of imidazole rings is 1. The molecule has 0 unspecified atom stereocenters. The van der Waals surface area contributed by atoms with Crippen LogP contribution < -0.4 is 0 Å². The largest absolute Gasteiger partial charge is 0.319 e. The first-order valence-electron chi connectivity index (χ1n) is 7.83. The van der Waals surface area contributed by atoms with Gasteiger partial charge in [0.2, 0.25) is 0 Å². The van der Waals surface area contributed by atoms with Crippen molar-refractivity contribution in [2.24, 2.45) is 0 Å². The maximum Gasteiger partial charge on any atom is 0.143 e. The van der Waals surface area contributed by atoms with Gasteiger partial charge in [0.1, 0.15) is 11.0 Å². The Hall–Kier alpha value is -2.65. The quantitative estimate of drug-likeness (QED) is 0.488. The highest BCUT2D eigenvalue weighted by atomic mass is 35.5. The molecule has 2 aromatic heterocycles. The van der Waals surface area contributed by atoms with Gasteiger partial charge in [-0.3, -0.25) is 0 Å². The van der Waals surface area contributed by atoms with Crippen LogP contribution in [0.2, 0.25) is 5.15 Å². The van der Waals surface area contributed by atoms with E-state index in [0.717, 1.165) is 29.0 Å². The summed E-state index contributed by atoms with van der Waals surface area (Å²) in [4.78, 5) is 9.00. The number of hydrogen-bond donors (Lipinski definition) is 0. The molecule has 0 aliphatic rings. The van der Waals surface area contributed by atoms with Crippen LogP contribution in [0, 0.1) is 6.92 Å². The average molecular weight is 334 g/mol. The summed E-state index contributed by atoms with van der Waals surface area (Å²) in [5, 5.41) is 0.486. The third-order valence-electron chi connectivity index (χ3n) is 4.10. The van der Waals surface area contributed by atoms with Gasteiger partial charge >= 0.3 is 0 Å². The summed E-state index contributed by atoms with van der Waals surface area (Å²) in [7, 11) is 0. The van der Waals surface area contributed by atoms with Crippen molar-refractivity contribution in [2.45, 2.75) is 13.5 Å². The molecule has 0 N–H and O–H groups in total. The number of aryl methyl sites for hydroxylation is 1. The Morgan fingerprint density at radius 2 is 1.75 bits per heavy atom. The van der Waals surface area contributed by atoms with E-state index in [1.807, 2.05) is 24.3 Å². The average Bonchev–Trinajstić information content (AvgIpc) is 2.96. The lowest BCUT2D eigenvalue weighted by Gasteiger charge is -2.10. The first kappa shape index (κ1) is 14.9. The van der Waals surface area contributed by atoms with Crippen LogP contribution in [0.15, 0.2) is 66.9 Å². The molecule has 0 amide bonds. The van der Waals surface area contributed by atoms with Gasteiger partial charge in [0, 0.05) is 18.3 Å². The zero-order chi connectivity index (χ0) is 16.5. The molecule has 4 heteroatoms. The fraction of sp³-hybridized carbons (Fsp3) is 0.100. The molecule has 24 heavy (non-hydrogen) atoms. The van der Waals surface area contributed by atoms with Gasteiger partial charge in [-0.15, -0.1) is 0 Å². The predicted molar refractivity (Wildman–Crippen MR) is 98.3 cm³/mol. The SMILES string of the molecule is Cc1ccc(Cn2c(-c3ccc(Cl)nc3)nc3ccccc32)cc1. The Balaban J connectivity index is 1.86. The number of aromatic nitrogens is 3. The van der Waals surface area contributed by atoms with Crippen LogP contribution in [0.4, 0.5) is 0 Å². The monoisotopic (exact) mass is 333 g/mol. The van der Waals surface area contributed by atoms with E-state index in [0.29, 0.717) is 5.15 Å². The van der Waals surface area contributed by atoms with Crippen LogP contribution in [0.5, 0.6) is 0 Å². The second-order valence-corrected chi connectivity index (χ2v) is 6.25. The van der Waals surface area contributed by atoms with Crippen molar-refractivity contribution in [3.63, 3.8) is 0 Å². The molecule has 0 radical (unpaired) electrons. The maximum absolute atomic E-state index is 5.92. The zero-order valence-electron chi connectivity index (χ0n) is 13.3. The molecule has 0 saturated carbocycles. The minimum absolute atomic E-state index is 0.486. The number of benzene rings is 2. The van der Waals surface area contributed by atoms with Gasteiger partial charge in [0.15, 0.2) is 0 Å². The van der Waals surface area contributed by atoms with Crippen molar-refractivity contribution in [2.75, 3.05) is 0 Å². The van der Waals surface area contributed by atoms with E-state index in [1.54, 1.807) is 12.3 Å². The van der Waals surface area contributed by atoms with Gasteiger partial charge < -0.3 is 4.57 Å². The standard InChI is InChI=1S/C20H16ClN3/c1-14-6-8-15(9-7-14)13-24-18-5-3-2-4-17(18)23-20(24)16-10-11-19(21)22-12-16/h2-12H,13H2,1H3. The summed E-state index contributed by atoms with van der Waals surface area (Å²) < 4.78 is 2.23. The van der Waals surface area contributed by atoms with Gasteiger partial charge in [-0.2, -0.15) is 0 Å². The summed E-state index contributed by atoms with van der Waals surface area (Å²) in [5.41, 5.74) is 5.56. The summed E-state index contributed by atoms with van der Waals surface area (Å²) in [6, 6.07) is 20.5. The Morgan fingerprint density at radius 3 is 2.50 bits per heavy atom. The first-order valence-corrected chi connectivity index (χ1v) is 8.21. The molecule has 0 aliphatic carbocycles. The number of rotatable bonds is 3. The van der Waals surface area contributed by atoms with Crippen LogP contribution >= 0.6 is 11.6 Å². The van der Waals surface area contributed by atoms with E-state index < -0.39 is 0 Å². The minimum Gasteiger partial charge on any atom is -0.319 e. The Kier molecular flexibility index (Phi) is 3.79. The molecule has 0 fully saturated rings. The van der Waals surface area contributed by atoms with E-state index in [2.05, 4.69) is 46.8 Å². The van der Waals surface area contributed by atoms with Crippen molar-refractivity contribution in [3.05, 3.63) is 83.1 Å². The second-order valence-electron chi connectivity index (χ2n) is 5.87. The normalized spacial score (nSPS) is 11.1. The first-order chi connectivity index (χ1) is 11.7. The van der Waals surface area contributed by atoms with Gasteiger partial charge in [-0.05, 0) is 36.8 Å². The molecule has 0 spiro atoms. The van der Waals surface area contributed by atoms with Crippen LogP contribution in [0.25, 0.3) is 22.4 Å². The van der Waals surface area contributed by atoms with Crippen molar-refractivity contribution in [1.29, 1.82) is 0 Å². The highest BCUT2D eigenvalue weighted by molar-refractivity contribution is 6.29. The van der Waals surface area contributed by atoms with E-state index >= 15 is 0 Å². The minimum atomic E-state index is 0.486. The number of nitrogens with zero attached hydrogens (tertiary/aromatic N) is 3. The second kappa shape index (κ2) is 6.10. The highest BCUT2D eigenvalue weighted by Gasteiger charge is 2.13. The van der Waals surface area contributed by atoms with Crippen molar-refractivity contribution in [1.82, 2.24) is 14.5 Å². The Morgan fingerprint density at radius 1 is 0.958 bits per heavy atom. The Bertz CT molecular complexity index is 986. The number of hydrogen-bond acceptors (Lipinski definition) is 2. The summed E-state index contributed by atoms with van der Waals surface area (Å²) in [6.45, 7) is 2.86. The molecular formula is C20H16ClN3. The molecule has 3 nitrogen and oxygen atoms in total. The molecular weight excluding hydrogens is 318 g/mol. The van der Waals surface area contributed by atoms with Crippen molar-refractivity contribution < 1.29 is 0 Å². The smallest absolute Gasteiger partial charge is 0.143 e. The van der Waals surface area contributed by atoms with Crippen molar-refractivity contribution >= 4 is 22.6 Å². The van der Waals surface area contributed by atoms with E-state index in [4.69, 9.17) is 16.6 Å². The van der Waals surface area contributed by atoms with E-state index in [-0.39, 0.29) is 0 Å². The van der Waals surface area contributed by atoms with Crippen LogP contribution in [0.3, 0.4) is 0 Å². The third kappa shape index (κ3) is 2.79. The molecule has 0 bridgehead atoms.